The van der Waals surface area contributed by atoms with E-state index in [9.17, 15) is 0 Å². The maximum Gasteiger partial charge on any atom is 0.134 e. The van der Waals surface area contributed by atoms with Gasteiger partial charge in [-0.2, -0.15) is 0 Å². The van der Waals surface area contributed by atoms with Gasteiger partial charge in [0.2, 0.25) is 0 Å². The second-order valence-electron chi connectivity index (χ2n) is 4.76. The summed E-state index contributed by atoms with van der Waals surface area (Å²) >= 11 is 0. The van der Waals surface area contributed by atoms with Crippen LogP contribution >= 0.6 is 0 Å². The Bertz CT molecular complexity index is 315. The van der Waals surface area contributed by atoms with Gasteiger partial charge in [0, 0.05) is 18.5 Å². The molecule has 1 atom stereocenters. The van der Waals surface area contributed by atoms with Crippen LogP contribution in [0.15, 0.2) is 6.33 Å². The van der Waals surface area contributed by atoms with Crippen LogP contribution in [-0.2, 0) is 6.42 Å². The Balaban J connectivity index is 2.00. The topological polar surface area (TPSA) is 42.7 Å². The maximum absolute atomic E-state index is 4.26. The van der Waals surface area contributed by atoms with Crippen LogP contribution in [0.25, 0.3) is 0 Å². The summed E-state index contributed by atoms with van der Waals surface area (Å²) in [5, 5.41) is 11.7. The molecule has 1 aliphatic carbocycles. The first-order valence-corrected chi connectivity index (χ1v) is 6.43. The zero-order valence-electron chi connectivity index (χ0n) is 10.3. The molecular formula is C12H22N4. The number of aromatic nitrogens is 3. The minimum Gasteiger partial charge on any atom is -0.314 e. The Morgan fingerprint density at radius 2 is 2.25 bits per heavy atom. The van der Waals surface area contributed by atoms with Crippen LogP contribution in [-0.4, -0.2) is 27.4 Å². The number of nitrogens with one attached hydrogen (secondary N) is 1. The van der Waals surface area contributed by atoms with Crippen LogP contribution in [0.3, 0.4) is 0 Å². The van der Waals surface area contributed by atoms with Gasteiger partial charge in [-0.1, -0.05) is 19.8 Å². The molecular weight excluding hydrogens is 200 g/mol. The lowest BCUT2D eigenvalue weighted by molar-refractivity contribution is 0.472. The molecule has 0 saturated heterocycles. The molecule has 0 radical (unpaired) electrons. The van der Waals surface area contributed by atoms with Crippen LogP contribution in [0.1, 0.15) is 51.4 Å². The summed E-state index contributed by atoms with van der Waals surface area (Å²) in [6, 6.07) is 1.13. The lowest BCUT2D eigenvalue weighted by Gasteiger charge is -2.16. The van der Waals surface area contributed by atoms with Crippen molar-refractivity contribution in [2.45, 2.75) is 58.0 Å². The minimum absolute atomic E-state index is 0.481. The molecule has 2 rings (SSSR count). The molecule has 0 bridgehead atoms. The Labute approximate surface area is 97.5 Å². The second-order valence-corrected chi connectivity index (χ2v) is 4.76. The van der Waals surface area contributed by atoms with E-state index in [1.54, 1.807) is 0 Å². The molecule has 0 aromatic carbocycles. The minimum atomic E-state index is 0.481. The highest BCUT2D eigenvalue weighted by Crippen LogP contribution is 2.29. The summed E-state index contributed by atoms with van der Waals surface area (Å²) in [4.78, 5) is 0. The molecule has 4 heteroatoms. The molecule has 1 aromatic rings. The second kappa shape index (κ2) is 5.43. The quantitative estimate of drug-likeness (QED) is 0.828. The number of hydrogen-bond donors (Lipinski definition) is 1. The van der Waals surface area contributed by atoms with Gasteiger partial charge < -0.3 is 9.88 Å². The number of nitrogens with zero attached hydrogens (tertiary/aromatic N) is 3. The van der Waals surface area contributed by atoms with Crippen molar-refractivity contribution in [1.29, 1.82) is 0 Å². The molecule has 4 nitrogen and oxygen atoms in total. The van der Waals surface area contributed by atoms with Crippen molar-refractivity contribution in [3.05, 3.63) is 12.2 Å². The van der Waals surface area contributed by atoms with Crippen LogP contribution in [0.2, 0.25) is 0 Å². The Hall–Kier alpha value is -0.900. The average molecular weight is 222 g/mol. The van der Waals surface area contributed by atoms with Gasteiger partial charge >= 0.3 is 0 Å². The molecule has 1 heterocycles. The van der Waals surface area contributed by atoms with Crippen molar-refractivity contribution >= 4 is 0 Å². The Morgan fingerprint density at radius 3 is 2.94 bits per heavy atom. The molecule has 0 aliphatic heterocycles. The fourth-order valence-corrected chi connectivity index (χ4v) is 2.59. The van der Waals surface area contributed by atoms with Crippen LogP contribution < -0.4 is 5.32 Å². The molecule has 0 spiro atoms. The third kappa shape index (κ3) is 2.61. The molecule has 1 unspecified atom stereocenters. The highest BCUT2D eigenvalue weighted by Gasteiger charge is 2.20. The predicted octanol–water partition coefficient (Wildman–Crippen LogP) is 1.93. The summed E-state index contributed by atoms with van der Waals surface area (Å²) in [6.07, 6.45) is 8.17. The molecule has 1 saturated carbocycles. The van der Waals surface area contributed by atoms with Crippen molar-refractivity contribution < 1.29 is 0 Å². The van der Waals surface area contributed by atoms with Crippen molar-refractivity contribution in [1.82, 2.24) is 20.1 Å². The number of rotatable bonds is 5. The summed E-state index contributed by atoms with van der Waals surface area (Å²) in [7, 11) is 0. The van der Waals surface area contributed by atoms with E-state index in [4.69, 9.17) is 0 Å². The van der Waals surface area contributed by atoms with E-state index in [-0.39, 0.29) is 0 Å². The van der Waals surface area contributed by atoms with Gasteiger partial charge in [0.25, 0.3) is 0 Å². The zero-order valence-corrected chi connectivity index (χ0v) is 10.3. The van der Waals surface area contributed by atoms with Gasteiger partial charge in [-0.3, -0.25) is 0 Å². The monoisotopic (exact) mass is 222 g/mol. The third-order valence-corrected chi connectivity index (χ3v) is 3.41. The Morgan fingerprint density at radius 1 is 1.50 bits per heavy atom. The predicted molar refractivity (Wildman–Crippen MR) is 64.4 cm³/mol. The van der Waals surface area contributed by atoms with E-state index in [1.165, 1.54) is 25.7 Å². The number of hydrogen-bond acceptors (Lipinski definition) is 3. The van der Waals surface area contributed by atoms with Gasteiger partial charge in [0.1, 0.15) is 12.2 Å². The molecule has 90 valence electrons. The van der Waals surface area contributed by atoms with E-state index in [0.29, 0.717) is 12.1 Å². The smallest absolute Gasteiger partial charge is 0.134 e. The SMILES string of the molecule is CCNC(C)Cc1nncn1C1CCCC1. The summed E-state index contributed by atoms with van der Waals surface area (Å²) in [5.41, 5.74) is 0. The van der Waals surface area contributed by atoms with E-state index >= 15 is 0 Å². The highest BCUT2D eigenvalue weighted by molar-refractivity contribution is 4.93. The largest absolute Gasteiger partial charge is 0.314 e. The molecule has 16 heavy (non-hydrogen) atoms. The first-order chi connectivity index (χ1) is 7.81. The first-order valence-electron chi connectivity index (χ1n) is 6.43. The van der Waals surface area contributed by atoms with Crippen LogP contribution in [0, 0.1) is 0 Å². The van der Waals surface area contributed by atoms with Crippen LogP contribution in [0.5, 0.6) is 0 Å². The van der Waals surface area contributed by atoms with Gasteiger partial charge in [-0.05, 0) is 26.3 Å². The van der Waals surface area contributed by atoms with E-state index < -0.39 is 0 Å². The van der Waals surface area contributed by atoms with Gasteiger partial charge in [-0.25, -0.2) is 0 Å². The lowest BCUT2D eigenvalue weighted by atomic mass is 10.2. The van der Waals surface area contributed by atoms with Crippen molar-refractivity contribution in [2.75, 3.05) is 6.54 Å². The molecule has 0 amide bonds. The zero-order chi connectivity index (χ0) is 11.4. The standard InChI is InChI=1S/C12H22N4/c1-3-13-10(2)8-12-15-14-9-16(12)11-6-4-5-7-11/h9-11,13H,3-8H2,1-2H3. The average Bonchev–Trinajstić information content (AvgIpc) is 2.86. The molecule has 1 fully saturated rings. The fourth-order valence-electron chi connectivity index (χ4n) is 2.59. The normalized spacial score (nSPS) is 19.1. The van der Waals surface area contributed by atoms with Gasteiger partial charge in [0.05, 0.1) is 0 Å². The van der Waals surface area contributed by atoms with Crippen LogP contribution in [0.4, 0.5) is 0 Å². The molecule has 1 aromatic heterocycles. The Kier molecular flexibility index (Phi) is 3.93. The summed E-state index contributed by atoms with van der Waals surface area (Å²) < 4.78 is 2.29. The maximum atomic E-state index is 4.26. The van der Waals surface area contributed by atoms with Crippen molar-refractivity contribution in [3.63, 3.8) is 0 Å². The van der Waals surface area contributed by atoms with Crippen molar-refractivity contribution in [3.8, 4) is 0 Å². The fraction of sp³-hybridized carbons (Fsp3) is 0.833. The third-order valence-electron chi connectivity index (χ3n) is 3.41. The van der Waals surface area contributed by atoms with E-state index in [1.807, 2.05) is 6.33 Å². The summed E-state index contributed by atoms with van der Waals surface area (Å²) in [6.45, 7) is 5.36. The lowest BCUT2D eigenvalue weighted by Crippen LogP contribution is -2.29. The van der Waals surface area contributed by atoms with E-state index in [2.05, 4.69) is 33.9 Å². The van der Waals surface area contributed by atoms with Gasteiger partial charge in [-0.15, -0.1) is 10.2 Å². The van der Waals surface area contributed by atoms with Crippen molar-refractivity contribution in [2.24, 2.45) is 0 Å². The molecule has 1 N–H and O–H groups in total. The van der Waals surface area contributed by atoms with Gasteiger partial charge in [0.15, 0.2) is 0 Å². The molecule has 1 aliphatic rings. The summed E-state index contributed by atoms with van der Waals surface area (Å²) in [5.74, 6) is 1.14. The highest BCUT2D eigenvalue weighted by atomic mass is 15.3. The first kappa shape index (κ1) is 11.6. The van der Waals surface area contributed by atoms with E-state index in [0.717, 1.165) is 18.8 Å². The number of likely N-dealkylation sites (N-methyl/N-ethyl adjacent to an activating group) is 1.